The Morgan fingerprint density at radius 1 is 1.37 bits per heavy atom. The van der Waals surface area contributed by atoms with E-state index in [-0.39, 0.29) is 11.8 Å². The van der Waals surface area contributed by atoms with Crippen LogP contribution in [0, 0.1) is 10.1 Å². The van der Waals surface area contributed by atoms with E-state index in [2.05, 4.69) is 5.32 Å². The quantitative estimate of drug-likeness (QED) is 0.444. The van der Waals surface area contributed by atoms with Crippen LogP contribution >= 0.6 is 0 Å². The van der Waals surface area contributed by atoms with E-state index in [4.69, 9.17) is 9.47 Å². The Labute approximate surface area is 112 Å². The minimum Gasteiger partial charge on any atom is -0.496 e. The van der Waals surface area contributed by atoms with Crippen LogP contribution in [0.15, 0.2) is 18.2 Å². The van der Waals surface area contributed by atoms with Gasteiger partial charge in [-0.2, -0.15) is 0 Å². The topological polar surface area (TPSA) is 73.6 Å². The number of nitrogens with one attached hydrogen (secondary N) is 1. The lowest BCUT2D eigenvalue weighted by Crippen LogP contribution is -2.21. The molecule has 0 aliphatic carbocycles. The molecule has 0 saturated heterocycles. The molecular formula is C13H20N2O4. The molecule has 6 heteroatoms. The molecule has 0 aliphatic heterocycles. The highest BCUT2D eigenvalue weighted by atomic mass is 16.6. The molecule has 0 aliphatic rings. The van der Waals surface area contributed by atoms with Crippen molar-refractivity contribution in [3.63, 3.8) is 0 Å². The Balaban J connectivity index is 2.53. The highest BCUT2D eigenvalue weighted by molar-refractivity contribution is 5.42. The molecular weight excluding hydrogens is 248 g/mol. The second-order valence-electron chi connectivity index (χ2n) is 4.39. The first-order chi connectivity index (χ1) is 9.02. The maximum Gasteiger partial charge on any atom is 0.273 e. The third kappa shape index (κ3) is 5.67. The predicted octanol–water partition coefficient (Wildman–Crippen LogP) is 2.12. The third-order valence-electron chi connectivity index (χ3n) is 2.46. The van der Waals surface area contributed by atoms with Crippen molar-refractivity contribution >= 4 is 5.69 Å². The van der Waals surface area contributed by atoms with Crippen molar-refractivity contribution in [3.8, 4) is 5.75 Å². The van der Waals surface area contributed by atoms with Gasteiger partial charge in [-0.05, 0) is 25.5 Å². The summed E-state index contributed by atoms with van der Waals surface area (Å²) in [7, 11) is 1.49. The molecule has 1 N–H and O–H groups in total. The maximum absolute atomic E-state index is 10.8. The van der Waals surface area contributed by atoms with Gasteiger partial charge >= 0.3 is 0 Å². The molecule has 0 unspecified atom stereocenters. The fourth-order valence-electron chi connectivity index (χ4n) is 1.57. The summed E-state index contributed by atoms with van der Waals surface area (Å²) in [6.07, 6.45) is 0.208. The Hall–Kier alpha value is -1.66. The van der Waals surface area contributed by atoms with Gasteiger partial charge in [0.15, 0.2) is 0 Å². The normalized spacial score (nSPS) is 10.7. The lowest BCUT2D eigenvalue weighted by molar-refractivity contribution is -0.385. The van der Waals surface area contributed by atoms with Gasteiger partial charge in [0, 0.05) is 19.2 Å². The number of nitro benzene ring substituents is 1. The van der Waals surface area contributed by atoms with Crippen molar-refractivity contribution in [2.75, 3.05) is 20.3 Å². The van der Waals surface area contributed by atoms with Crippen LogP contribution in [0.1, 0.15) is 19.4 Å². The Bertz CT molecular complexity index is 421. The highest BCUT2D eigenvalue weighted by Gasteiger charge is 2.09. The van der Waals surface area contributed by atoms with Gasteiger partial charge in [-0.25, -0.2) is 0 Å². The van der Waals surface area contributed by atoms with E-state index < -0.39 is 4.92 Å². The molecule has 0 radical (unpaired) electrons. The molecule has 0 aromatic heterocycles. The largest absolute Gasteiger partial charge is 0.496 e. The van der Waals surface area contributed by atoms with E-state index in [9.17, 15) is 10.1 Å². The number of benzene rings is 1. The SMILES string of the molecule is COc1cc(CNCCOC(C)C)cc([N+](=O)[O-])c1. The number of hydrogen-bond acceptors (Lipinski definition) is 5. The zero-order valence-corrected chi connectivity index (χ0v) is 11.5. The number of ether oxygens (including phenoxy) is 2. The predicted molar refractivity (Wildman–Crippen MR) is 72.4 cm³/mol. The molecule has 6 nitrogen and oxygen atoms in total. The van der Waals surface area contributed by atoms with Crippen molar-refractivity contribution in [2.24, 2.45) is 0 Å². The maximum atomic E-state index is 10.8. The van der Waals surface area contributed by atoms with Gasteiger partial charge in [0.1, 0.15) is 5.75 Å². The van der Waals surface area contributed by atoms with Gasteiger partial charge in [-0.1, -0.05) is 0 Å². The van der Waals surface area contributed by atoms with E-state index in [1.165, 1.54) is 13.2 Å². The summed E-state index contributed by atoms with van der Waals surface area (Å²) < 4.78 is 10.4. The van der Waals surface area contributed by atoms with Gasteiger partial charge in [0.05, 0.1) is 30.8 Å². The molecule has 0 fully saturated rings. The summed E-state index contributed by atoms with van der Waals surface area (Å²) in [6, 6.07) is 4.73. The van der Waals surface area contributed by atoms with Crippen LogP contribution in [-0.4, -0.2) is 31.3 Å². The minimum absolute atomic E-state index is 0.0366. The van der Waals surface area contributed by atoms with Crippen LogP contribution in [0.3, 0.4) is 0 Å². The van der Waals surface area contributed by atoms with Gasteiger partial charge in [-0.15, -0.1) is 0 Å². The zero-order chi connectivity index (χ0) is 14.3. The standard InChI is InChI=1S/C13H20N2O4/c1-10(2)19-5-4-14-9-11-6-12(15(16)17)8-13(7-11)18-3/h6-8,10,14H,4-5,9H2,1-3H3. The summed E-state index contributed by atoms with van der Waals surface area (Å²) in [5.41, 5.74) is 0.852. The summed E-state index contributed by atoms with van der Waals surface area (Å²) in [5.74, 6) is 0.490. The van der Waals surface area contributed by atoms with Crippen molar-refractivity contribution < 1.29 is 14.4 Å². The first kappa shape index (κ1) is 15.4. The molecule has 1 rings (SSSR count). The second-order valence-corrected chi connectivity index (χ2v) is 4.39. The van der Waals surface area contributed by atoms with E-state index >= 15 is 0 Å². The third-order valence-corrected chi connectivity index (χ3v) is 2.46. The van der Waals surface area contributed by atoms with E-state index in [0.717, 1.165) is 5.56 Å². The average Bonchev–Trinajstić information content (AvgIpc) is 2.37. The van der Waals surface area contributed by atoms with Crippen molar-refractivity contribution in [1.82, 2.24) is 5.32 Å². The molecule has 0 heterocycles. The molecule has 1 aromatic rings. The average molecular weight is 268 g/mol. The number of hydrogen-bond donors (Lipinski definition) is 1. The van der Waals surface area contributed by atoms with Crippen LogP contribution in [-0.2, 0) is 11.3 Å². The van der Waals surface area contributed by atoms with Gasteiger partial charge in [-0.3, -0.25) is 10.1 Å². The molecule has 0 amide bonds. The van der Waals surface area contributed by atoms with E-state index in [0.29, 0.717) is 25.4 Å². The number of nitro groups is 1. The van der Waals surface area contributed by atoms with Crippen molar-refractivity contribution in [1.29, 1.82) is 0 Å². The molecule has 0 spiro atoms. The zero-order valence-electron chi connectivity index (χ0n) is 11.5. The van der Waals surface area contributed by atoms with Gasteiger partial charge in [0.25, 0.3) is 5.69 Å². The monoisotopic (exact) mass is 268 g/mol. The lowest BCUT2D eigenvalue weighted by atomic mass is 10.2. The highest BCUT2D eigenvalue weighted by Crippen LogP contribution is 2.22. The Morgan fingerprint density at radius 3 is 2.68 bits per heavy atom. The van der Waals surface area contributed by atoms with Crippen LogP contribution in [0.4, 0.5) is 5.69 Å². The van der Waals surface area contributed by atoms with Crippen LogP contribution in [0.25, 0.3) is 0 Å². The van der Waals surface area contributed by atoms with E-state index in [1.807, 2.05) is 13.8 Å². The number of non-ortho nitro benzene ring substituents is 1. The first-order valence-electron chi connectivity index (χ1n) is 6.17. The molecule has 19 heavy (non-hydrogen) atoms. The smallest absolute Gasteiger partial charge is 0.273 e. The van der Waals surface area contributed by atoms with Crippen molar-refractivity contribution in [2.45, 2.75) is 26.5 Å². The molecule has 0 atom stereocenters. The lowest BCUT2D eigenvalue weighted by Gasteiger charge is -2.09. The first-order valence-corrected chi connectivity index (χ1v) is 6.17. The molecule has 0 bridgehead atoms. The molecule has 1 aromatic carbocycles. The van der Waals surface area contributed by atoms with Crippen LogP contribution in [0.5, 0.6) is 5.75 Å². The molecule has 0 saturated carbocycles. The van der Waals surface area contributed by atoms with Gasteiger partial charge < -0.3 is 14.8 Å². The fourth-order valence-corrected chi connectivity index (χ4v) is 1.57. The fraction of sp³-hybridized carbons (Fsp3) is 0.538. The van der Waals surface area contributed by atoms with Gasteiger partial charge in [0.2, 0.25) is 0 Å². The Kier molecular flexibility index (Phi) is 6.24. The number of methoxy groups -OCH3 is 1. The minimum atomic E-state index is -0.423. The van der Waals surface area contributed by atoms with Crippen molar-refractivity contribution in [3.05, 3.63) is 33.9 Å². The summed E-state index contributed by atoms with van der Waals surface area (Å²) in [5, 5.41) is 14.0. The number of nitrogens with zero attached hydrogens (tertiary/aromatic N) is 1. The van der Waals surface area contributed by atoms with Crippen LogP contribution in [0.2, 0.25) is 0 Å². The number of rotatable bonds is 8. The second kappa shape index (κ2) is 7.70. The summed E-state index contributed by atoms with van der Waals surface area (Å²) in [4.78, 5) is 10.4. The summed E-state index contributed by atoms with van der Waals surface area (Å²) in [6.45, 7) is 5.81. The van der Waals surface area contributed by atoms with Crippen LogP contribution < -0.4 is 10.1 Å². The summed E-state index contributed by atoms with van der Waals surface area (Å²) >= 11 is 0. The molecule has 106 valence electrons. The van der Waals surface area contributed by atoms with E-state index in [1.54, 1.807) is 12.1 Å². The Morgan fingerprint density at radius 2 is 2.11 bits per heavy atom.